The van der Waals surface area contributed by atoms with Crippen molar-refractivity contribution < 1.29 is 9.59 Å². The van der Waals surface area contributed by atoms with E-state index >= 15 is 0 Å². The Morgan fingerprint density at radius 2 is 2.18 bits per heavy atom. The predicted octanol–water partition coefficient (Wildman–Crippen LogP) is -0.420. The molecule has 1 saturated heterocycles. The quantitative estimate of drug-likeness (QED) is 0.641. The van der Waals surface area contributed by atoms with Crippen molar-refractivity contribution in [3.05, 3.63) is 0 Å². The average molecular weight is 259 g/mol. The van der Waals surface area contributed by atoms with Crippen LogP contribution in [0.1, 0.15) is 13.8 Å². The molecule has 1 aliphatic rings. The van der Waals surface area contributed by atoms with Crippen molar-refractivity contribution in [2.24, 2.45) is 5.41 Å². The second-order valence-electron chi connectivity index (χ2n) is 4.76. The Morgan fingerprint density at radius 3 is 2.71 bits per heavy atom. The lowest BCUT2D eigenvalue weighted by molar-refractivity contribution is -0.129. The van der Waals surface area contributed by atoms with Crippen LogP contribution in [0, 0.1) is 5.41 Å². The fourth-order valence-electron chi connectivity index (χ4n) is 1.58. The van der Waals surface area contributed by atoms with Crippen molar-refractivity contribution in [3.8, 4) is 0 Å². The Labute approximate surface area is 106 Å². The van der Waals surface area contributed by atoms with E-state index in [1.165, 1.54) is 0 Å². The minimum atomic E-state index is -0.577. The molecular weight excluding hydrogens is 238 g/mol. The zero-order valence-corrected chi connectivity index (χ0v) is 11.4. The summed E-state index contributed by atoms with van der Waals surface area (Å²) in [6.45, 7) is 4.85. The molecule has 6 heteroatoms. The van der Waals surface area contributed by atoms with E-state index in [4.69, 9.17) is 0 Å². The van der Waals surface area contributed by atoms with Gasteiger partial charge >= 0.3 is 0 Å². The molecular formula is C11H21N3O2S. The van der Waals surface area contributed by atoms with Gasteiger partial charge in [0, 0.05) is 31.6 Å². The van der Waals surface area contributed by atoms with Crippen LogP contribution in [-0.4, -0.2) is 49.5 Å². The molecule has 3 N–H and O–H groups in total. The summed E-state index contributed by atoms with van der Waals surface area (Å²) in [7, 11) is 1.60. The highest BCUT2D eigenvalue weighted by Gasteiger charge is 2.29. The topological polar surface area (TPSA) is 70.2 Å². The fraction of sp³-hybridized carbons (Fsp3) is 0.818. The highest BCUT2D eigenvalue weighted by molar-refractivity contribution is 7.99. The highest BCUT2D eigenvalue weighted by atomic mass is 32.2. The molecule has 17 heavy (non-hydrogen) atoms. The summed E-state index contributed by atoms with van der Waals surface area (Å²) in [5.74, 6) is 1.76. The van der Waals surface area contributed by atoms with Crippen LogP contribution in [0.5, 0.6) is 0 Å². The maximum atomic E-state index is 11.8. The third-order valence-electron chi connectivity index (χ3n) is 2.78. The van der Waals surface area contributed by atoms with Crippen molar-refractivity contribution in [1.82, 2.24) is 16.0 Å². The van der Waals surface area contributed by atoms with E-state index in [2.05, 4.69) is 16.0 Å². The maximum Gasteiger partial charge on any atom is 0.238 e. The molecule has 0 aromatic heterocycles. The van der Waals surface area contributed by atoms with Crippen LogP contribution in [0.25, 0.3) is 0 Å². The summed E-state index contributed by atoms with van der Waals surface area (Å²) < 4.78 is 0. The van der Waals surface area contributed by atoms with Crippen molar-refractivity contribution in [2.45, 2.75) is 19.9 Å². The first-order valence-electron chi connectivity index (χ1n) is 5.78. The van der Waals surface area contributed by atoms with Gasteiger partial charge in [0.05, 0.1) is 11.5 Å². The van der Waals surface area contributed by atoms with Crippen LogP contribution < -0.4 is 16.0 Å². The molecule has 5 nitrogen and oxygen atoms in total. The predicted molar refractivity (Wildman–Crippen MR) is 70.0 cm³/mol. The van der Waals surface area contributed by atoms with Gasteiger partial charge in [-0.1, -0.05) is 0 Å². The van der Waals surface area contributed by atoms with E-state index in [9.17, 15) is 9.59 Å². The van der Waals surface area contributed by atoms with E-state index < -0.39 is 5.41 Å². The smallest absolute Gasteiger partial charge is 0.238 e. The Hall–Kier alpha value is -0.750. The first-order valence-corrected chi connectivity index (χ1v) is 6.94. The minimum Gasteiger partial charge on any atom is -0.359 e. The largest absolute Gasteiger partial charge is 0.359 e. The minimum absolute atomic E-state index is 0.0193. The van der Waals surface area contributed by atoms with Crippen LogP contribution in [-0.2, 0) is 9.59 Å². The Bertz CT molecular complexity index is 288. The fourth-order valence-corrected chi connectivity index (χ4v) is 2.52. The zero-order chi connectivity index (χ0) is 12.9. The van der Waals surface area contributed by atoms with E-state index in [0.29, 0.717) is 6.54 Å². The normalized spacial score (nSPS) is 20.8. The van der Waals surface area contributed by atoms with Gasteiger partial charge in [-0.25, -0.2) is 0 Å². The van der Waals surface area contributed by atoms with Gasteiger partial charge in [-0.15, -0.1) is 0 Å². The average Bonchev–Trinajstić information content (AvgIpc) is 2.36. The zero-order valence-electron chi connectivity index (χ0n) is 10.6. The molecule has 1 heterocycles. The number of carbonyl (C=O) groups is 2. The monoisotopic (exact) mass is 259 g/mol. The third-order valence-corrected chi connectivity index (χ3v) is 3.85. The highest BCUT2D eigenvalue weighted by Crippen LogP contribution is 2.14. The van der Waals surface area contributed by atoms with E-state index in [0.717, 1.165) is 18.1 Å². The summed E-state index contributed by atoms with van der Waals surface area (Å²) in [5, 5.41) is 8.60. The van der Waals surface area contributed by atoms with Gasteiger partial charge in [-0.3, -0.25) is 9.59 Å². The molecule has 0 aliphatic carbocycles. The van der Waals surface area contributed by atoms with Crippen molar-refractivity contribution in [2.75, 3.05) is 31.6 Å². The molecule has 1 unspecified atom stereocenters. The molecule has 0 aromatic rings. The number of amides is 2. The van der Waals surface area contributed by atoms with Gasteiger partial charge in [0.1, 0.15) is 0 Å². The molecule has 0 radical (unpaired) electrons. The molecule has 0 bridgehead atoms. The number of rotatable bonds is 4. The van der Waals surface area contributed by atoms with E-state index in [-0.39, 0.29) is 17.9 Å². The molecule has 1 rings (SSSR count). The van der Waals surface area contributed by atoms with Crippen LogP contribution in [0.2, 0.25) is 0 Å². The van der Waals surface area contributed by atoms with E-state index in [1.807, 2.05) is 13.8 Å². The van der Waals surface area contributed by atoms with Gasteiger partial charge in [-0.2, -0.15) is 11.8 Å². The number of nitrogens with one attached hydrogen (secondary N) is 3. The van der Waals surface area contributed by atoms with Crippen LogP contribution >= 0.6 is 11.8 Å². The van der Waals surface area contributed by atoms with Crippen LogP contribution in [0.3, 0.4) is 0 Å². The Kier molecular flexibility index (Phi) is 5.27. The first kappa shape index (κ1) is 14.3. The van der Waals surface area contributed by atoms with Gasteiger partial charge in [0.15, 0.2) is 0 Å². The number of hydrogen-bond acceptors (Lipinski definition) is 4. The Morgan fingerprint density at radius 1 is 1.47 bits per heavy atom. The molecule has 0 aromatic carbocycles. The second-order valence-corrected chi connectivity index (χ2v) is 5.91. The maximum absolute atomic E-state index is 11.8. The number of carbonyl (C=O) groups excluding carboxylic acids is 2. The molecule has 0 saturated carbocycles. The number of thioether (sulfide) groups is 1. The second kappa shape index (κ2) is 6.26. The summed E-state index contributed by atoms with van der Waals surface area (Å²) in [4.78, 5) is 23.4. The lowest BCUT2D eigenvalue weighted by Crippen LogP contribution is -2.52. The van der Waals surface area contributed by atoms with Crippen molar-refractivity contribution in [3.63, 3.8) is 0 Å². The summed E-state index contributed by atoms with van der Waals surface area (Å²) >= 11 is 1.77. The lowest BCUT2D eigenvalue weighted by Gasteiger charge is -2.26. The number of hydrogen-bond donors (Lipinski definition) is 3. The molecule has 98 valence electrons. The van der Waals surface area contributed by atoms with Gasteiger partial charge in [0.2, 0.25) is 11.8 Å². The Balaban J connectivity index is 2.39. The van der Waals surface area contributed by atoms with Gasteiger partial charge in [-0.05, 0) is 13.8 Å². The van der Waals surface area contributed by atoms with Gasteiger partial charge in [0.25, 0.3) is 0 Å². The lowest BCUT2D eigenvalue weighted by atomic mass is 9.92. The van der Waals surface area contributed by atoms with E-state index in [1.54, 1.807) is 18.8 Å². The SMILES string of the molecule is CNC(=O)C(C)(C)CNC(=O)C1CSCCN1. The summed E-state index contributed by atoms with van der Waals surface area (Å²) in [5.41, 5.74) is -0.577. The standard InChI is InChI=1S/C11H21N3O2S/c1-11(2,10(16)12-3)7-14-9(15)8-6-17-5-4-13-8/h8,13H,4-7H2,1-3H3,(H,12,16)(H,14,15). The van der Waals surface area contributed by atoms with Crippen LogP contribution in [0.4, 0.5) is 0 Å². The van der Waals surface area contributed by atoms with Gasteiger partial charge < -0.3 is 16.0 Å². The summed E-state index contributed by atoms with van der Waals surface area (Å²) in [6.07, 6.45) is 0. The van der Waals surface area contributed by atoms with Crippen molar-refractivity contribution in [1.29, 1.82) is 0 Å². The molecule has 1 aliphatic heterocycles. The van der Waals surface area contributed by atoms with Crippen LogP contribution in [0.15, 0.2) is 0 Å². The van der Waals surface area contributed by atoms with Crippen molar-refractivity contribution >= 4 is 23.6 Å². The summed E-state index contributed by atoms with van der Waals surface area (Å²) in [6, 6.07) is -0.130. The first-order chi connectivity index (χ1) is 7.97. The molecule has 1 atom stereocenters. The third kappa shape index (κ3) is 4.20. The molecule has 1 fully saturated rings. The molecule has 0 spiro atoms. The molecule has 2 amide bonds.